The number of nitrogens with one attached hydrogen (secondary N) is 1. The summed E-state index contributed by atoms with van der Waals surface area (Å²) in [5.41, 5.74) is 1.34. The Morgan fingerprint density at radius 3 is 2.35 bits per heavy atom. The van der Waals surface area contributed by atoms with Gasteiger partial charge in [0.05, 0.1) is 0 Å². The molecule has 0 atom stereocenters. The SMILES string of the molecule is Fc1ccc(Nc2cc(N3CCCC3)nc(-c3ccccc3)n2)cc1F. The van der Waals surface area contributed by atoms with Crippen molar-refractivity contribution >= 4 is 17.3 Å². The molecule has 1 fully saturated rings. The molecule has 1 aliphatic rings. The van der Waals surface area contributed by atoms with E-state index in [4.69, 9.17) is 4.98 Å². The van der Waals surface area contributed by atoms with Crippen molar-refractivity contribution in [2.45, 2.75) is 12.8 Å². The summed E-state index contributed by atoms with van der Waals surface area (Å²) >= 11 is 0. The summed E-state index contributed by atoms with van der Waals surface area (Å²) in [5.74, 6) is 0.210. The highest BCUT2D eigenvalue weighted by atomic mass is 19.2. The van der Waals surface area contributed by atoms with E-state index in [1.54, 1.807) is 0 Å². The largest absolute Gasteiger partial charge is 0.356 e. The van der Waals surface area contributed by atoms with Gasteiger partial charge in [0.25, 0.3) is 0 Å². The second-order valence-electron chi connectivity index (χ2n) is 6.25. The van der Waals surface area contributed by atoms with Crippen LogP contribution in [0.2, 0.25) is 0 Å². The summed E-state index contributed by atoms with van der Waals surface area (Å²) in [4.78, 5) is 11.5. The molecule has 0 spiro atoms. The van der Waals surface area contributed by atoms with Gasteiger partial charge in [-0.1, -0.05) is 30.3 Å². The molecule has 4 rings (SSSR count). The summed E-state index contributed by atoms with van der Waals surface area (Å²) < 4.78 is 26.7. The Balaban J connectivity index is 1.72. The van der Waals surface area contributed by atoms with Gasteiger partial charge in [-0.2, -0.15) is 0 Å². The van der Waals surface area contributed by atoms with E-state index in [-0.39, 0.29) is 0 Å². The molecule has 0 saturated carbocycles. The van der Waals surface area contributed by atoms with Crippen molar-refractivity contribution in [2.24, 2.45) is 0 Å². The maximum Gasteiger partial charge on any atom is 0.163 e. The predicted octanol–water partition coefficient (Wildman–Crippen LogP) is 4.77. The molecule has 4 nitrogen and oxygen atoms in total. The Labute approximate surface area is 150 Å². The summed E-state index contributed by atoms with van der Waals surface area (Å²) in [7, 11) is 0. The van der Waals surface area contributed by atoms with Gasteiger partial charge in [0, 0.05) is 36.5 Å². The van der Waals surface area contributed by atoms with Gasteiger partial charge >= 0.3 is 0 Å². The van der Waals surface area contributed by atoms with Gasteiger partial charge in [0.1, 0.15) is 11.6 Å². The highest BCUT2D eigenvalue weighted by Gasteiger charge is 2.17. The molecule has 1 aromatic heterocycles. The topological polar surface area (TPSA) is 41.0 Å². The summed E-state index contributed by atoms with van der Waals surface area (Å²) in [6.45, 7) is 1.91. The molecule has 0 unspecified atom stereocenters. The van der Waals surface area contributed by atoms with Crippen LogP contribution < -0.4 is 10.2 Å². The Hall–Kier alpha value is -3.02. The molecule has 6 heteroatoms. The maximum atomic E-state index is 13.5. The standard InChI is InChI=1S/C20H18F2N4/c21-16-9-8-15(12-17(16)22)23-18-13-19(26-10-4-5-11-26)25-20(24-18)14-6-2-1-3-7-14/h1-3,6-9,12-13H,4-5,10-11H2,(H,23,24,25). The van der Waals surface area contributed by atoms with Gasteiger partial charge in [0.2, 0.25) is 0 Å². The minimum absolute atomic E-state index is 0.439. The monoisotopic (exact) mass is 352 g/mol. The van der Waals surface area contributed by atoms with E-state index in [0.717, 1.165) is 49.4 Å². The fourth-order valence-electron chi connectivity index (χ4n) is 3.04. The van der Waals surface area contributed by atoms with E-state index in [2.05, 4.69) is 15.2 Å². The minimum atomic E-state index is -0.896. The lowest BCUT2D eigenvalue weighted by atomic mass is 10.2. The van der Waals surface area contributed by atoms with Crippen LogP contribution in [0.4, 0.5) is 26.1 Å². The van der Waals surface area contributed by atoms with Crippen LogP contribution in [-0.4, -0.2) is 23.1 Å². The minimum Gasteiger partial charge on any atom is -0.356 e. The average Bonchev–Trinajstić information content (AvgIpc) is 3.20. The van der Waals surface area contributed by atoms with Gasteiger partial charge in [-0.25, -0.2) is 18.7 Å². The second-order valence-corrected chi connectivity index (χ2v) is 6.25. The Kier molecular flexibility index (Phi) is 4.48. The molecule has 1 saturated heterocycles. The summed E-state index contributed by atoms with van der Waals surface area (Å²) in [6, 6.07) is 15.3. The molecule has 0 bridgehead atoms. The van der Waals surface area contributed by atoms with Crippen LogP contribution in [0, 0.1) is 11.6 Å². The van der Waals surface area contributed by atoms with Crippen LogP contribution in [0.5, 0.6) is 0 Å². The highest BCUT2D eigenvalue weighted by Crippen LogP contribution is 2.27. The number of benzene rings is 2. The lowest BCUT2D eigenvalue weighted by Crippen LogP contribution is -2.19. The fraction of sp³-hybridized carbons (Fsp3) is 0.200. The Morgan fingerprint density at radius 2 is 1.62 bits per heavy atom. The first kappa shape index (κ1) is 16.4. The molecule has 3 aromatic rings. The molecule has 0 amide bonds. The van der Waals surface area contributed by atoms with E-state index >= 15 is 0 Å². The molecule has 2 aromatic carbocycles. The number of aromatic nitrogens is 2. The van der Waals surface area contributed by atoms with Crippen molar-refractivity contribution in [1.82, 2.24) is 9.97 Å². The fourth-order valence-corrected chi connectivity index (χ4v) is 3.04. The number of hydrogen-bond donors (Lipinski definition) is 1. The molecular weight excluding hydrogens is 334 g/mol. The molecule has 0 radical (unpaired) electrons. The summed E-state index contributed by atoms with van der Waals surface area (Å²) in [6.07, 6.45) is 2.27. The summed E-state index contributed by atoms with van der Waals surface area (Å²) in [5, 5.41) is 3.06. The molecule has 132 valence electrons. The van der Waals surface area contributed by atoms with Crippen LogP contribution in [0.3, 0.4) is 0 Å². The average molecular weight is 352 g/mol. The van der Waals surface area contributed by atoms with E-state index < -0.39 is 11.6 Å². The van der Waals surface area contributed by atoms with Gasteiger partial charge in [-0.3, -0.25) is 0 Å². The highest BCUT2D eigenvalue weighted by molar-refractivity contribution is 5.65. The molecule has 0 aliphatic carbocycles. The van der Waals surface area contributed by atoms with Crippen molar-refractivity contribution in [3.63, 3.8) is 0 Å². The molecule has 1 N–H and O–H groups in total. The smallest absolute Gasteiger partial charge is 0.163 e. The third kappa shape index (κ3) is 3.49. The van der Waals surface area contributed by atoms with Gasteiger partial charge < -0.3 is 10.2 Å². The third-order valence-corrected chi connectivity index (χ3v) is 4.37. The number of hydrogen-bond acceptors (Lipinski definition) is 4. The van der Waals surface area contributed by atoms with Gasteiger partial charge in [-0.15, -0.1) is 0 Å². The van der Waals surface area contributed by atoms with Crippen molar-refractivity contribution in [3.8, 4) is 11.4 Å². The Bertz CT molecular complexity index is 909. The van der Waals surface area contributed by atoms with Crippen LogP contribution in [0.25, 0.3) is 11.4 Å². The van der Waals surface area contributed by atoms with Gasteiger partial charge in [-0.05, 0) is 25.0 Å². The zero-order valence-corrected chi connectivity index (χ0v) is 14.1. The van der Waals surface area contributed by atoms with Crippen molar-refractivity contribution in [2.75, 3.05) is 23.3 Å². The molecule has 2 heterocycles. The number of rotatable bonds is 4. The van der Waals surface area contributed by atoms with Crippen LogP contribution >= 0.6 is 0 Å². The first-order chi connectivity index (χ1) is 12.7. The van der Waals surface area contributed by atoms with E-state index in [9.17, 15) is 8.78 Å². The number of halogens is 2. The first-order valence-corrected chi connectivity index (χ1v) is 8.60. The lowest BCUT2D eigenvalue weighted by molar-refractivity contribution is 0.509. The molecule has 26 heavy (non-hydrogen) atoms. The normalized spacial score (nSPS) is 13.8. The predicted molar refractivity (Wildman–Crippen MR) is 98.6 cm³/mol. The van der Waals surface area contributed by atoms with Gasteiger partial charge in [0.15, 0.2) is 17.5 Å². The van der Waals surface area contributed by atoms with Crippen molar-refractivity contribution < 1.29 is 8.78 Å². The third-order valence-electron chi connectivity index (χ3n) is 4.37. The van der Waals surface area contributed by atoms with Crippen molar-refractivity contribution in [3.05, 3.63) is 66.2 Å². The van der Waals surface area contributed by atoms with Crippen LogP contribution in [0.15, 0.2) is 54.6 Å². The zero-order chi connectivity index (χ0) is 17.9. The number of nitrogens with zero attached hydrogens (tertiary/aromatic N) is 3. The van der Waals surface area contributed by atoms with Crippen molar-refractivity contribution in [1.29, 1.82) is 0 Å². The number of anilines is 3. The quantitative estimate of drug-likeness (QED) is 0.735. The Morgan fingerprint density at radius 1 is 0.846 bits per heavy atom. The van der Waals surface area contributed by atoms with E-state index in [1.165, 1.54) is 6.07 Å². The van der Waals surface area contributed by atoms with Crippen LogP contribution in [-0.2, 0) is 0 Å². The van der Waals surface area contributed by atoms with E-state index in [1.807, 2.05) is 36.4 Å². The second kappa shape index (κ2) is 7.07. The van der Waals surface area contributed by atoms with Crippen LogP contribution in [0.1, 0.15) is 12.8 Å². The molecule has 1 aliphatic heterocycles. The van der Waals surface area contributed by atoms with E-state index in [0.29, 0.717) is 17.3 Å². The lowest BCUT2D eigenvalue weighted by Gasteiger charge is -2.18. The molecular formula is C20H18F2N4. The first-order valence-electron chi connectivity index (χ1n) is 8.60. The zero-order valence-electron chi connectivity index (χ0n) is 14.1. The maximum absolute atomic E-state index is 13.5.